The largest absolute Gasteiger partial charge is 0.459 e. The second-order valence-corrected chi connectivity index (χ2v) is 14.7. The number of nitrogens with zero attached hydrogens (tertiary/aromatic N) is 4. The van der Waals surface area contributed by atoms with Crippen molar-refractivity contribution >= 4 is 65.6 Å². The van der Waals surface area contributed by atoms with Gasteiger partial charge in [-0.15, -0.1) is 22.7 Å². The highest BCUT2D eigenvalue weighted by Crippen LogP contribution is 2.43. The Bertz CT molecular complexity index is 2240. The van der Waals surface area contributed by atoms with Crippen LogP contribution in [0.2, 0.25) is 0 Å². The van der Waals surface area contributed by atoms with Crippen molar-refractivity contribution in [2.24, 2.45) is 4.99 Å². The van der Waals surface area contributed by atoms with Crippen LogP contribution in [0.5, 0.6) is 0 Å². The van der Waals surface area contributed by atoms with E-state index >= 15 is 0 Å². The number of piperidine rings is 1. The first-order chi connectivity index (χ1) is 22.8. The summed E-state index contributed by atoms with van der Waals surface area (Å²) in [4.78, 5) is 25.5. The van der Waals surface area contributed by atoms with E-state index in [1.165, 1.54) is 27.0 Å². The van der Waals surface area contributed by atoms with E-state index in [0.717, 1.165) is 27.3 Å². The van der Waals surface area contributed by atoms with Gasteiger partial charge in [0.25, 0.3) is 0 Å². The summed E-state index contributed by atoms with van der Waals surface area (Å²) in [5, 5.41) is 9.83. The van der Waals surface area contributed by atoms with Crippen LogP contribution >= 0.6 is 22.7 Å². The molecule has 4 heterocycles. The Kier molecular flexibility index (Phi) is 8.45. The van der Waals surface area contributed by atoms with Gasteiger partial charge in [-0.3, -0.25) is 0 Å². The van der Waals surface area contributed by atoms with Gasteiger partial charge < -0.3 is 14.5 Å². The van der Waals surface area contributed by atoms with Gasteiger partial charge in [0.2, 0.25) is 15.2 Å². The molecule has 1 saturated heterocycles. The molecule has 2 aromatic carbocycles. The molecule has 7 rings (SSSR count). The number of benzene rings is 3. The lowest BCUT2D eigenvalue weighted by Crippen LogP contribution is -2.41. The van der Waals surface area contributed by atoms with Gasteiger partial charge in [-0.1, -0.05) is 24.8 Å². The Morgan fingerprint density at radius 3 is 2.55 bits per heavy atom. The molecule has 0 radical (unpaired) electrons. The number of ether oxygens (including phenoxy) is 1. The van der Waals surface area contributed by atoms with Gasteiger partial charge in [0, 0.05) is 81.7 Å². The lowest BCUT2D eigenvalue weighted by molar-refractivity contribution is -0.145. The molecule has 4 aromatic rings. The minimum absolute atomic E-state index is 0.188. The summed E-state index contributed by atoms with van der Waals surface area (Å²) >= 11 is 2.91. The first kappa shape index (κ1) is 30.9. The molecule has 0 atom stereocenters. The fourth-order valence-electron chi connectivity index (χ4n) is 5.59. The number of aromatic nitrogens is 2. The Morgan fingerprint density at radius 2 is 1.81 bits per heavy atom. The quantitative estimate of drug-likeness (QED) is 0.100. The van der Waals surface area contributed by atoms with Crippen LogP contribution in [0.4, 0.5) is 16.0 Å². The SMILES string of the molecule is C=C(C)C(=O)OC1CCN(S(=O)(=O)c2ccccc2-c2c3cc/c(=N\c4nccs4)cc-3oc3cc(Nc4nccs4)ccc23)CC1. The van der Waals surface area contributed by atoms with E-state index in [9.17, 15) is 13.2 Å². The Labute approximate surface area is 279 Å². The number of fused-ring (bicyclic) bond motifs is 2. The van der Waals surface area contributed by atoms with Crippen LogP contribution in [-0.4, -0.2) is 47.9 Å². The molecule has 3 aliphatic rings. The zero-order valence-corrected chi connectivity index (χ0v) is 27.7. The maximum Gasteiger partial charge on any atom is 0.333 e. The molecule has 10 nitrogen and oxygen atoms in total. The average molecular weight is 684 g/mol. The highest BCUT2D eigenvalue weighted by Gasteiger charge is 2.33. The smallest absolute Gasteiger partial charge is 0.333 e. The second-order valence-electron chi connectivity index (χ2n) is 11.0. The number of carbonyl (C=O) groups is 1. The normalized spacial score (nSPS) is 14.9. The Morgan fingerprint density at radius 1 is 1.02 bits per heavy atom. The highest BCUT2D eigenvalue weighted by atomic mass is 32.2. The zero-order chi connectivity index (χ0) is 32.5. The van der Waals surface area contributed by atoms with Gasteiger partial charge in [0.05, 0.1) is 10.3 Å². The van der Waals surface area contributed by atoms with Crippen molar-refractivity contribution in [3.8, 4) is 22.5 Å². The highest BCUT2D eigenvalue weighted by molar-refractivity contribution is 7.89. The third-order valence-electron chi connectivity index (χ3n) is 7.83. The molecule has 0 spiro atoms. The maximum atomic E-state index is 14.3. The average Bonchev–Trinajstić information content (AvgIpc) is 3.79. The first-order valence-electron chi connectivity index (χ1n) is 14.8. The third kappa shape index (κ3) is 6.34. The molecule has 13 heteroatoms. The molecular weight excluding hydrogens is 655 g/mol. The van der Waals surface area contributed by atoms with Crippen molar-refractivity contribution in [3.63, 3.8) is 0 Å². The number of hydrogen-bond acceptors (Lipinski definition) is 11. The van der Waals surface area contributed by atoms with Gasteiger partial charge in [0.1, 0.15) is 17.4 Å². The van der Waals surface area contributed by atoms with Crippen molar-refractivity contribution < 1.29 is 22.4 Å². The van der Waals surface area contributed by atoms with E-state index in [2.05, 4.69) is 26.9 Å². The summed E-state index contributed by atoms with van der Waals surface area (Å²) in [5.74, 6) is 0.0848. The van der Waals surface area contributed by atoms with Crippen molar-refractivity contribution in [3.05, 3.63) is 101 Å². The van der Waals surface area contributed by atoms with Crippen LogP contribution in [0, 0.1) is 0 Å². The van der Waals surface area contributed by atoms with Gasteiger partial charge >= 0.3 is 5.97 Å². The molecule has 1 N–H and O–H groups in total. The van der Waals surface area contributed by atoms with E-state index in [0.29, 0.717) is 45.8 Å². The predicted molar refractivity (Wildman–Crippen MR) is 184 cm³/mol. The van der Waals surface area contributed by atoms with Crippen molar-refractivity contribution in [2.45, 2.75) is 30.8 Å². The summed E-state index contributed by atoms with van der Waals surface area (Å²) in [6, 6.07) is 18.4. The zero-order valence-electron chi connectivity index (χ0n) is 25.3. The molecule has 1 aliphatic carbocycles. The monoisotopic (exact) mass is 683 g/mol. The molecular formula is C34H29N5O5S3. The molecule has 47 heavy (non-hydrogen) atoms. The van der Waals surface area contributed by atoms with Crippen LogP contribution in [0.1, 0.15) is 19.8 Å². The number of nitrogens with one attached hydrogen (secondary N) is 1. The molecule has 1 fully saturated rings. The molecule has 0 saturated carbocycles. The summed E-state index contributed by atoms with van der Waals surface area (Å²) in [6.07, 6.45) is 3.87. The summed E-state index contributed by atoms with van der Waals surface area (Å²) in [5.41, 5.74) is 3.68. The number of sulfonamides is 1. The standard InChI is InChI=1S/C34H29N5O5S3/c1-21(2)32(40)43-24-11-15-39(16-12-24)47(41,42)30-6-4-3-5-27(30)31-25-9-7-22(37-33-35-13-17-45-33)19-28(25)44-29-20-23(8-10-26(29)31)38-34-36-14-18-46-34/h3-10,13-14,17-20,24H,1,11-12,15-16H2,2H3,(H,35,37)/b38-23+. The van der Waals surface area contributed by atoms with Gasteiger partial charge in [-0.25, -0.2) is 28.2 Å². The van der Waals surface area contributed by atoms with E-state index in [1.807, 2.05) is 59.3 Å². The number of esters is 1. The topological polar surface area (TPSA) is 127 Å². The third-order valence-corrected chi connectivity index (χ3v) is 11.1. The molecule has 0 bridgehead atoms. The van der Waals surface area contributed by atoms with E-state index < -0.39 is 16.0 Å². The van der Waals surface area contributed by atoms with E-state index in [4.69, 9.17) is 9.15 Å². The number of hydrogen-bond donors (Lipinski definition) is 1. The molecule has 2 aromatic heterocycles. The minimum Gasteiger partial charge on any atom is -0.459 e. The maximum absolute atomic E-state index is 14.3. The van der Waals surface area contributed by atoms with Crippen LogP contribution < -0.4 is 10.7 Å². The molecule has 238 valence electrons. The fourth-order valence-corrected chi connectivity index (χ4v) is 8.33. The van der Waals surface area contributed by atoms with Gasteiger partial charge in [0.15, 0.2) is 5.13 Å². The van der Waals surface area contributed by atoms with E-state index in [1.54, 1.807) is 31.5 Å². The lowest BCUT2D eigenvalue weighted by atomic mass is 9.93. The van der Waals surface area contributed by atoms with Crippen molar-refractivity contribution in [2.75, 3.05) is 18.4 Å². The van der Waals surface area contributed by atoms with Crippen LogP contribution in [0.25, 0.3) is 33.4 Å². The predicted octanol–water partition coefficient (Wildman–Crippen LogP) is 7.37. The lowest BCUT2D eigenvalue weighted by Gasteiger charge is -2.31. The summed E-state index contributed by atoms with van der Waals surface area (Å²) < 4.78 is 42.1. The number of anilines is 2. The van der Waals surface area contributed by atoms with Crippen LogP contribution in [-0.2, 0) is 19.6 Å². The first-order valence-corrected chi connectivity index (χ1v) is 18.0. The van der Waals surface area contributed by atoms with Crippen LogP contribution in [0.15, 0.2) is 110 Å². The minimum atomic E-state index is -3.93. The molecule has 2 aliphatic heterocycles. The number of carbonyl (C=O) groups excluding carboxylic acids is 1. The molecule has 0 unspecified atom stereocenters. The number of rotatable bonds is 8. The van der Waals surface area contributed by atoms with Crippen molar-refractivity contribution in [1.29, 1.82) is 0 Å². The molecule has 0 amide bonds. The van der Waals surface area contributed by atoms with Gasteiger partial charge in [-0.05, 0) is 50.1 Å². The fraction of sp³-hybridized carbons (Fsp3) is 0.176. The second kappa shape index (κ2) is 12.8. The van der Waals surface area contributed by atoms with Crippen LogP contribution in [0.3, 0.4) is 0 Å². The summed E-state index contributed by atoms with van der Waals surface area (Å²) in [6.45, 7) is 5.68. The van der Waals surface area contributed by atoms with E-state index in [-0.39, 0.29) is 24.1 Å². The van der Waals surface area contributed by atoms with Gasteiger partial charge in [-0.2, -0.15) is 4.31 Å². The van der Waals surface area contributed by atoms with Crippen molar-refractivity contribution in [1.82, 2.24) is 14.3 Å². The Balaban J connectivity index is 1.34. The Hall–Kier alpha value is -4.69. The summed E-state index contributed by atoms with van der Waals surface area (Å²) in [7, 11) is -3.93. The number of thiazole rings is 2.